The highest BCUT2D eigenvalue weighted by Crippen LogP contribution is 2.37. The highest BCUT2D eigenvalue weighted by atomic mass is 35.5. The number of ether oxygens (including phenoxy) is 1. The summed E-state index contributed by atoms with van der Waals surface area (Å²) in [6, 6.07) is 7.51. The zero-order valence-electron chi connectivity index (χ0n) is 20.8. The van der Waals surface area contributed by atoms with Crippen molar-refractivity contribution in [3.05, 3.63) is 52.9 Å². The van der Waals surface area contributed by atoms with Crippen LogP contribution in [0.2, 0.25) is 5.02 Å². The zero-order valence-corrected chi connectivity index (χ0v) is 22.3. The molecule has 1 saturated heterocycles. The van der Waals surface area contributed by atoms with Crippen molar-refractivity contribution >= 4 is 27.6 Å². The van der Waals surface area contributed by atoms with E-state index in [-0.39, 0.29) is 34.8 Å². The minimum Gasteiger partial charge on any atom is -0.506 e. The van der Waals surface area contributed by atoms with Crippen molar-refractivity contribution in [3.8, 4) is 5.75 Å². The fourth-order valence-electron chi connectivity index (χ4n) is 5.29. The van der Waals surface area contributed by atoms with Crippen LogP contribution >= 0.6 is 11.6 Å². The number of halogens is 2. The second-order valence-corrected chi connectivity index (χ2v) is 12.3. The molecule has 1 aromatic heterocycles. The predicted octanol–water partition coefficient (Wildman–Crippen LogP) is 4.05. The molecule has 11 heteroatoms. The number of nitrogens with one attached hydrogen (secondary N) is 1. The molecule has 3 atom stereocenters. The maximum absolute atomic E-state index is 13.6. The summed E-state index contributed by atoms with van der Waals surface area (Å²) < 4.78 is 49.2. The summed E-state index contributed by atoms with van der Waals surface area (Å²) in [6.45, 7) is 2.29. The molecule has 2 aromatic rings. The number of aromatic hydroxyl groups is 1. The lowest BCUT2D eigenvalue weighted by Crippen LogP contribution is -2.51. The highest BCUT2D eigenvalue weighted by molar-refractivity contribution is 7.87. The van der Waals surface area contributed by atoms with E-state index in [2.05, 4.69) is 9.71 Å². The summed E-state index contributed by atoms with van der Waals surface area (Å²) in [5, 5.41) is 10.3. The summed E-state index contributed by atoms with van der Waals surface area (Å²) in [7, 11) is -0.692. The summed E-state index contributed by atoms with van der Waals surface area (Å²) in [4.78, 5) is 6.39. The molecule has 2 fully saturated rings. The van der Waals surface area contributed by atoms with E-state index in [1.807, 2.05) is 17.9 Å². The van der Waals surface area contributed by atoms with Crippen LogP contribution in [-0.2, 0) is 14.9 Å². The zero-order chi connectivity index (χ0) is 26.0. The number of anilines is 1. The van der Waals surface area contributed by atoms with Crippen LogP contribution in [0.5, 0.6) is 5.75 Å². The van der Waals surface area contributed by atoms with Gasteiger partial charge in [-0.2, -0.15) is 17.4 Å². The Hall–Kier alpha value is -1.98. The molecule has 1 aliphatic heterocycles. The van der Waals surface area contributed by atoms with Crippen LogP contribution in [0.25, 0.3) is 0 Å². The Morgan fingerprint density at radius 1 is 1.25 bits per heavy atom. The van der Waals surface area contributed by atoms with Gasteiger partial charge in [0.25, 0.3) is 10.2 Å². The summed E-state index contributed by atoms with van der Waals surface area (Å²) >= 11 is 5.96. The Kier molecular flexibility index (Phi) is 8.41. The Labute approximate surface area is 217 Å². The van der Waals surface area contributed by atoms with Gasteiger partial charge in [-0.15, -0.1) is 0 Å². The van der Waals surface area contributed by atoms with Gasteiger partial charge in [0.15, 0.2) is 0 Å². The molecular weight excluding hydrogens is 507 g/mol. The lowest BCUT2D eigenvalue weighted by molar-refractivity contribution is 0.0154. The van der Waals surface area contributed by atoms with Crippen molar-refractivity contribution in [1.29, 1.82) is 0 Å². The van der Waals surface area contributed by atoms with Gasteiger partial charge >= 0.3 is 0 Å². The van der Waals surface area contributed by atoms with Crippen LogP contribution in [-0.4, -0.2) is 67.7 Å². The van der Waals surface area contributed by atoms with Gasteiger partial charge in [0.05, 0.1) is 24.9 Å². The first kappa shape index (κ1) is 27.1. The lowest BCUT2D eigenvalue weighted by Gasteiger charge is -2.34. The van der Waals surface area contributed by atoms with E-state index in [9.17, 15) is 17.9 Å². The number of pyridine rings is 1. The van der Waals surface area contributed by atoms with E-state index in [1.165, 1.54) is 32.4 Å². The molecule has 2 aliphatic rings. The van der Waals surface area contributed by atoms with Gasteiger partial charge in [0.2, 0.25) is 0 Å². The Morgan fingerprint density at radius 3 is 2.61 bits per heavy atom. The molecule has 1 unspecified atom stereocenters. The third kappa shape index (κ3) is 6.11. The highest BCUT2D eigenvalue weighted by Gasteiger charge is 2.42. The molecule has 0 amide bonds. The molecule has 2 N–H and O–H groups in total. The van der Waals surface area contributed by atoms with Crippen LogP contribution in [0.1, 0.15) is 50.5 Å². The normalized spacial score (nSPS) is 27.1. The quantitative estimate of drug-likeness (QED) is 0.524. The summed E-state index contributed by atoms with van der Waals surface area (Å²) in [6.07, 6.45) is 5.48. The van der Waals surface area contributed by atoms with Gasteiger partial charge in [0.1, 0.15) is 22.4 Å². The number of benzene rings is 1. The number of aromatic nitrogens is 1. The minimum absolute atomic E-state index is 0.0326. The molecule has 8 nitrogen and oxygen atoms in total. The first-order chi connectivity index (χ1) is 17.0. The van der Waals surface area contributed by atoms with E-state index >= 15 is 0 Å². The molecular formula is C25H34ClFN4O4S. The third-order valence-electron chi connectivity index (χ3n) is 7.25. The van der Waals surface area contributed by atoms with Crippen LogP contribution in [0.4, 0.5) is 10.2 Å². The molecule has 198 valence electrons. The van der Waals surface area contributed by atoms with Crippen molar-refractivity contribution in [2.24, 2.45) is 0 Å². The average Bonchev–Trinajstić information content (AvgIpc) is 3.13. The summed E-state index contributed by atoms with van der Waals surface area (Å²) in [5.74, 6) is 0.528. The fourth-order valence-corrected chi connectivity index (χ4v) is 6.24. The molecule has 0 bridgehead atoms. The topological polar surface area (TPSA) is 95.0 Å². The van der Waals surface area contributed by atoms with Crippen LogP contribution < -0.4 is 9.62 Å². The standard InChI is InChI=1S/C25H34ClFN4O4S/c1-16-11-22(29-36(33,34)30(2)3)23(31(16)25-13-24(32)21(26)14-28-25)15-35-20-9-7-17(8-10-20)18-5-4-6-19(27)12-18/h4-6,12-14,16-17,20,22-23,29H,7-11,15H2,1-3H3,(H,28,32)/t16?,17-,20+,22-,23-/m0/s1. The SMILES string of the molecule is CC1C[C@H](NS(=O)(=O)N(C)C)[C@H](CO[C@H]2CC[C@@H](c3cccc(F)c3)CC2)N1c1cc(O)c(Cl)cn1. The maximum Gasteiger partial charge on any atom is 0.279 e. The minimum atomic E-state index is -3.66. The average molecular weight is 541 g/mol. The first-order valence-electron chi connectivity index (χ1n) is 12.2. The number of hydrogen-bond donors (Lipinski definition) is 2. The van der Waals surface area contributed by atoms with Gasteiger partial charge < -0.3 is 14.7 Å². The summed E-state index contributed by atoms with van der Waals surface area (Å²) in [5.41, 5.74) is 1.02. The van der Waals surface area contributed by atoms with Crippen molar-refractivity contribution in [3.63, 3.8) is 0 Å². The van der Waals surface area contributed by atoms with Crippen molar-refractivity contribution in [2.45, 2.75) is 69.2 Å². The second-order valence-electron chi connectivity index (χ2n) is 9.93. The first-order valence-corrected chi connectivity index (χ1v) is 14.1. The van der Waals surface area contributed by atoms with Crippen LogP contribution in [0, 0.1) is 5.82 Å². The predicted molar refractivity (Wildman–Crippen MR) is 138 cm³/mol. The Morgan fingerprint density at radius 2 is 1.97 bits per heavy atom. The van der Waals surface area contributed by atoms with E-state index in [0.717, 1.165) is 35.6 Å². The van der Waals surface area contributed by atoms with E-state index in [0.29, 0.717) is 24.8 Å². The Bertz CT molecular complexity index is 1160. The van der Waals surface area contributed by atoms with E-state index < -0.39 is 16.3 Å². The molecule has 0 radical (unpaired) electrons. The number of hydrogen-bond acceptors (Lipinski definition) is 6. The molecule has 4 rings (SSSR count). The monoisotopic (exact) mass is 540 g/mol. The van der Waals surface area contributed by atoms with Crippen LogP contribution in [0.15, 0.2) is 36.5 Å². The smallest absolute Gasteiger partial charge is 0.279 e. The third-order valence-corrected chi connectivity index (χ3v) is 9.11. The molecule has 1 saturated carbocycles. The van der Waals surface area contributed by atoms with Gasteiger partial charge in [-0.25, -0.2) is 9.37 Å². The molecule has 2 heterocycles. The largest absolute Gasteiger partial charge is 0.506 e. The van der Waals surface area contributed by atoms with Gasteiger partial charge in [0, 0.05) is 32.2 Å². The van der Waals surface area contributed by atoms with Gasteiger partial charge in [-0.05, 0) is 62.6 Å². The Balaban J connectivity index is 1.47. The fraction of sp³-hybridized carbons (Fsp3) is 0.560. The van der Waals surface area contributed by atoms with Crippen molar-refractivity contribution in [2.75, 3.05) is 25.6 Å². The van der Waals surface area contributed by atoms with E-state index in [1.54, 1.807) is 12.1 Å². The lowest BCUT2D eigenvalue weighted by atomic mass is 9.82. The molecule has 1 aliphatic carbocycles. The molecule has 1 aromatic carbocycles. The van der Waals surface area contributed by atoms with Crippen molar-refractivity contribution in [1.82, 2.24) is 14.0 Å². The van der Waals surface area contributed by atoms with Crippen LogP contribution in [0.3, 0.4) is 0 Å². The van der Waals surface area contributed by atoms with E-state index in [4.69, 9.17) is 16.3 Å². The molecule has 0 spiro atoms. The van der Waals surface area contributed by atoms with Gasteiger partial charge in [-0.3, -0.25) is 0 Å². The molecule has 36 heavy (non-hydrogen) atoms. The van der Waals surface area contributed by atoms with Crippen molar-refractivity contribution < 1.29 is 22.7 Å². The second kappa shape index (κ2) is 11.2. The maximum atomic E-state index is 13.6. The number of nitrogens with zero attached hydrogens (tertiary/aromatic N) is 3. The van der Waals surface area contributed by atoms with Gasteiger partial charge in [-0.1, -0.05) is 23.7 Å². The number of rotatable bonds is 8.